The van der Waals surface area contributed by atoms with Crippen molar-refractivity contribution in [2.45, 2.75) is 32.0 Å². The molecule has 1 heterocycles. The van der Waals surface area contributed by atoms with E-state index in [1.165, 1.54) is 11.8 Å². The number of nitrogens with one attached hydrogen (secondary N) is 1. The zero-order chi connectivity index (χ0) is 15.4. The first-order valence-electron chi connectivity index (χ1n) is 7.02. The van der Waals surface area contributed by atoms with Gasteiger partial charge in [0, 0.05) is 31.9 Å². The van der Waals surface area contributed by atoms with E-state index in [-0.39, 0.29) is 17.9 Å². The maximum Gasteiger partial charge on any atom is 0.253 e. The van der Waals surface area contributed by atoms with Gasteiger partial charge in [-0.1, -0.05) is 6.07 Å². The highest BCUT2D eigenvalue weighted by Crippen LogP contribution is 2.22. The molecule has 0 bridgehead atoms. The summed E-state index contributed by atoms with van der Waals surface area (Å²) in [6, 6.07) is 7.15. The van der Waals surface area contributed by atoms with Crippen LogP contribution in [0.3, 0.4) is 0 Å². The van der Waals surface area contributed by atoms with E-state index >= 15 is 0 Å². The van der Waals surface area contributed by atoms with Crippen LogP contribution < -0.4 is 16.0 Å². The predicted octanol–water partition coefficient (Wildman–Crippen LogP) is 1.11. The van der Waals surface area contributed by atoms with Crippen molar-refractivity contribution in [2.75, 3.05) is 23.8 Å². The van der Waals surface area contributed by atoms with Crippen molar-refractivity contribution in [1.82, 2.24) is 0 Å². The number of carbonyl (C=O) groups is 2. The molecule has 0 saturated carbocycles. The second kappa shape index (κ2) is 6.69. The van der Waals surface area contributed by atoms with Crippen LogP contribution in [0.25, 0.3) is 0 Å². The van der Waals surface area contributed by atoms with Crippen LogP contribution in [-0.2, 0) is 14.3 Å². The van der Waals surface area contributed by atoms with Gasteiger partial charge in [0.25, 0.3) is 5.91 Å². The fraction of sp³-hybridized carbons (Fsp3) is 0.467. The summed E-state index contributed by atoms with van der Waals surface area (Å²) in [6.45, 7) is 1.92. The molecule has 21 heavy (non-hydrogen) atoms. The van der Waals surface area contributed by atoms with Crippen LogP contribution in [0.4, 0.5) is 11.4 Å². The van der Waals surface area contributed by atoms with E-state index in [0.717, 1.165) is 12.1 Å². The van der Waals surface area contributed by atoms with Gasteiger partial charge in [-0.05, 0) is 31.0 Å². The van der Waals surface area contributed by atoms with Crippen molar-refractivity contribution in [3.63, 3.8) is 0 Å². The highest BCUT2D eigenvalue weighted by Gasteiger charge is 2.29. The first kappa shape index (κ1) is 15.5. The van der Waals surface area contributed by atoms with Gasteiger partial charge in [0.15, 0.2) is 0 Å². The fourth-order valence-electron chi connectivity index (χ4n) is 2.27. The minimum absolute atomic E-state index is 0.0315. The van der Waals surface area contributed by atoms with E-state index in [2.05, 4.69) is 5.32 Å². The highest BCUT2D eigenvalue weighted by molar-refractivity contribution is 5.96. The lowest BCUT2D eigenvalue weighted by Crippen LogP contribution is -2.30. The topological polar surface area (TPSA) is 84.7 Å². The number of amides is 2. The van der Waals surface area contributed by atoms with E-state index in [0.29, 0.717) is 18.7 Å². The Morgan fingerprint density at radius 1 is 1.43 bits per heavy atom. The second-order valence-electron chi connectivity index (χ2n) is 5.18. The Labute approximate surface area is 124 Å². The van der Waals surface area contributed by atoms with Gasteiger partial charge < -0.3 is 20.7 Å². The van der Waals surface area contributed by atoms with Crippen molar-refractivity contribution >= 4 is 23.2 Å². The molecule has 0 unspecified atom stereocenters. The standard InChI is InChI=1S/C15H21N3O3/c1-10(19)18(2)12-5-3-4-11(8-12)17-15(20)14-7-6-13(9-16)21-14/h3-5,8,13-14H,6-7,9,16H2,1-2H3,(H,17,20)/t13-,14+/m1/s1. The van der Waals surface area contributed by atoms with Crippen molar-refractivity contribution in [3.05, 3.63) is 24.3 Å². The normalized spacial score (nSPS) is 21.1. The van der Waals surface area contributed by atoms with Crippen LogP contribution in [0.15, 0.2) is 24.3 Å². The molecule has 1 fully saturated rings. The summed E-state index contributed by atoms with van der Waals surface area (Å²) in [7, 11) is 1.69. The molecule has 1 aromatic rings. The molecule has 2 rings (SSSR count). The molecule has 0 aromatic heterocycles. The average molecular weight is 291 g/mol. The molecule has 1 aliphatic rings. The third-order valence-electron chi connectivity index (χ3n) is 3.64. The molecule has 0 radical (unpaired) electrons. The quantitative estimate of drug-likeness (QED) is 0.870. The summed E-state index contributed by atoms with van der Waals surface area (Å²) in [5.74, 6) is -0.239. The van der Waals surface area contributed by atoms with Crippen LogP contribution in [0, 0.1) is 0 Å². The fourth-order valence-corrected chi connectivity index (χ4v) is 2.27. The largest absolute Gasteiger partial charge is 0.364 e. The molecule has 0 spiro atoms. The molecule has 2 amide bonds. The van der Waals surface area contributed by atoms with Gasteiger partial charge in [0.1, 0.15) is 6.10 Å². The van der Waals surface area contributed by atoms with Gasteiger partial charge in [-0.3, -0.25) is 9.59 Å². The monoisotopic (exact) mass is 291 g/mol. The number of hydrogen-bond acceptors (Lipinski definition) is 4. The van der Waals surface area contributed by atoms with Crippen molar-refractivity contribution in [3.8, 4) is 0 Å². The number of benzene rings is 1. The first-order valence-corrected chi connectivity index (χ1v) is 7.02. The minimum Gasteiger partial charge on any atom is -0.364 e. The van der Waals surface area contributed by atoms with Crippen molar-refractivity contribution in [2.24, 2.45) is 5.73 Å². The Morgan fingerprint density at radius 3 is 2.81 bits per heavy atom. The lowest BCUT2D eigenvalue weighted by atomic mass is 10.2. The Balaban J connectivity index is 2.01. The van der Waals surface area contributed by atoms with E-state index in [4.69, 9.17) is 10.5 Å². The molecular formula is C15H21N3O3. The number of hydrogen-bond donors (Lipinski definition) is 2. The Bertz CT molecular complexity index is 533. The van der Waals surface area contributed by atoms with Crippen LogP contribution in [-0.4, -0.2) is 37.6 Å². The van der Waals surface area contributed by atoms with Gasteiger partial charge >= 0.3 is 0 Å². The second-order valence-corrected chi connectivity index (χ2v) is 5.18. The summed E-state index contributed by atoms with van der Waals surface area (Å²) < 4.78 is 5.56. The van der Waals surface area contributed by atoms with Crippen LogP contribution in [0.5, 0.6) is 0 Å². The minimum atomic E-state index is -0.451. The smallest absolute Gasteiger partial charge is 0.253 e. The van der Waals surface area contributed by atoms with E-state index in [1.54, 1.807) is 25.2 Å². The van der Waals surface area contributed by atoms with Crippen LogP contribution >= 0.6 is 0 Å². The Morgan fingerprint density at radius 2 is 2.19 bits per heavy atom. The summed E-state index contributed by atoms with van der Waals surface area (Å²) in [5.41, 5.74) is 6.91. The molecule has 1 aromatic carbocycles. The lowest BCUT2D eigenvalue weighted by Gasteiger charge is -2.17. The third-order valence-corrected chi connectivity index (χ3v) is 3.64. The number of nitrogens with two attached hydrogens (primary N) is 1. The summed E-state index contributed by atoms with van der Waals surface area (Å²) in [6.07, 6.45) is 1.01. The zero-order valence-electron chi connectivity index (χ0n) is 12.3. The number of ether oxygens (including phenoxy) is 1. The van der Waals surface area contributed by atoms with Crippen LogP contribution in [0.2, 0.25) is 0 Å². The molecule has 2 atom stereocenters. The van der Waals surface area contributed by atoms with Gasteiger partial charge in [0.2, 0.25) is 5.91 Å². The lowest BCUT2D eigenvalue weighted by molar-refractivity contribution is -0.126. The molecule has 114 valence electrons. The summed E-state index contributed by atoms with van der Waals surface area (Å²) in [4.78, 5) is 25.0. The first-order chi connectivity index (χ1) is 10.0. The van der Waals surface area contributed by atoms with Gasteiger partial charge in [-0.15, -0.1) is 0 Å². The third kappa shape index (κ3) is 3.80. The zero-order valence-corrected chi connectivity index (χ0v) is 12.3. The molecule has 1 aliphatic heterocycles. The molecule has 3 N–H and O–H groups in total. The number of anilines is 2. The van der Waals surface area contributed by atoms with E-state index in [9.17, 15) is 9.59 Å². The van der Waals surface area contributed by atoms with Gasteiger partial charge in [0.05, 0.1) is 6.10 Å². The molecule has 0 aliphatic carbocycles. The molecule has 6 heteroatoms. The van der Waals surface area contributed by atoms with Gasteiger partial charge in [-0.2, -0.15) is 0 Å². The molecule has 6 nitrogen and oxygen atoms in total. The summed E-state index contributed by atoms with van der Waals surface area (Å²) in [5, 5.41) is 2.82. The van der Waals surface area contributed by atoms with Gasteiger partial charge in [-0.25, -0.2) is 0 Å². The van der Waals surface area contributed by atoms with Crippen molar-refractivity contribution in [1.29, 1.82) is 0 Å². The molecular weight excluding hydrogens is 270 g/mol. The molecule has 1 saturated heterocycles. The van der Waals surface area contributed by atoms with Crippen LogP contribution in [0.1, 0.15) is 19.8 Å². The Kier molecular flexibility index (Phi) is 4.93. The number of rotatable bonds is 4. The summed E-state index contributed by atoms with van der Waals surface area (Å²) >= 11 is 0. The average Bonchev–Trinajstić information content (AvgIpc) is 2.95. The maximum absolute atomic E-state index is 12.1. The number of nitrogens with zero attached hydrogens (tertiary/aromatic N) is 1. The predicted molar refractivity (Wildman–Crippen MR) is 81.1 cm³/mol. The van der Waals surface area contributed by atoms with Crippen molar-refractivity contribution < 1.29 is 14.3 Å². The SMILES string of the molecule is CC(=O)N(C)c1cccc(NC(=O)[C@@H]2CC[C@H](CN)O2)c1. The highest BCUT2D eigenvalue weighted by atomic mass is 16.5. The Hall–Kier alpha value is -1.92. The van der Waals surface area contributed by atoms with E-state index < -0.39 is 6.10 Å². The maximum atomic E-state index is 12.1. The number of carbonyl (C=O) groups excluding carboxylic acids is 2. The van der Waals surface area contributed by atoms with E-state index in [1.807, 2.05) is 6.07 Å².